The molecule has 1 aliphatic rings. The highest BCUT2D eigenvalue weighted by molar-refractivity contribution is 5.67. The van der Waals surface area contributed by atoms with Crippen LogP contribution in [0.15, 0.2) is 30.3 Å². The first-order chi connectivity index (χ1) is 11.2. The zero-order valence-electron chi connectivity index (χ0n) is 14.1. The Morgan fingerprint density at radius 3 is 2.78 bits per heavy atom. The first-order valence-corrected chi connectivity index (χ1v) is 8.84. The maximum atomic E-state index is 11.9. The molecule has 0 unspecified atom stereocenters. The topological polar surface area (TPSA) is 49.8 Å². The van der Waals surface area contributed by atoms with Gasteiger partial charge in [-0.2, -0.15) is 0 Å². The molecule has 2 rings (SSSR count). The number of benzene rings is 1. The lowest BCUT2D eigenvalue weighted by Crippen LogP contribution is -2.46. The fourth-order valence-electron chi connectivity index (χ4n) is 3.09. The van der Waals surface area contributed by atoms with Gasteiger partial charge in [0.1, 0.15) is 0 Å². The quantitative estimate of drug-likeness (QED) is 0.781. The van der Waals surface area contributed by atoms with Crippen molar-refractivity contribution in [3.63, 3.8) is 0 Å². The molecule has 0 radical (unpaired) electrons. The molecule has 2 atom stereocenters. The van der Waals surface area contributed by atoms with E-state index in [2.05, 4.69) is 31.2 Å². The molecule has 1 aromatic rings. The third-order valence-corrected chi connectivity index (χ3v) is 4.59. The first-order valence-electron chi connectivity index (χ1n) is 8.84. The second-order valence-electron chi connectivity index (χ2n) is 6.41. The first kappa shape index (κ1) is 17.8. The second kappa shape index (κ2) is 9.56. The number of likely N-dealkylation sites (tertiary alicyclic amines) is 1. The lowest BCUT2D eigenvalue weighted by Gasteiger charge is -2.35. The van der Waals surface area contributed by atoms with Crippen molar-refractivity contribution in [2.24, 2.45) is 5.92 Å². The molecular weight excluding hydrogens is 290 g/mol. The van der Waals surface area contributed by atoms with E-state index in [1.807, 2.05) is 6.07 Å². The number of carbonyl (C=O) groups is 1. The van der Waals surface area contributed by atoms with Crippen LogP contribution in [0, 0.1) is 5.92 Å². The molecule has 0 aromatic heterocycles. The van der Waals surface area contributed by atoms with E-state index >= 15 is 0 Å². The Kier molecular flexibility index (Phi) is 7.40. The molecular formula is C19H29NO3. The Bertz CT molecular complexity index is 463. The number of aliphatic hydroxyl groups excluding tert-OH is 1. The molecule has 128 valence electrons. The van der Waals surface area contributed by atoms with Crippen LogP contribution in [0.2, 0.25) is 0 Å². The van der Waals surface area contributed by atoms with Crippen molar-refractivity contribution in [2.45, 2.75) is 51.6 Å². The molecule has 1 amide bonds. The molecule has 1 aliphatic heterocycles. The Labute approximate surface area is 139 Å². The number of ether oxygens (including phenoxy) is 1. The number of hydrogen-bond acceptors (Lipinski definition) is 3. The number of amides is 1. The lowest BCUT2D eigenvalue weighted by molar-refractivity contribution is 0.0120. The summed E-state index contributed by atoms with van der Waals surface area (Å²) < 4.78 is 5.22. The van der Waals surface area contributed by atoms with Crippen LogP contribution in [0.1, 0.15) is 44.6 Å². The summed E-state index contributed by atoms with van der Waals surface area (Å²) in [5.41, 5.74) is 1.35. The van der Waals surface area contributed by atoms with Gasteiger partial charge in [-0.3, -0.25) is 0 Å². The van der Waals surface area contributed by atoms with E-state index in [1.54, 1.807) is 4.90 Å². The highest BCUT2D eigenvalue weighted by atomic mass is 16.6. The minimum absolute atomic E-state index is 0.278. The van der Waals surface area contributed by atoms with Crippen LogP contribution in [0.4, 0.5) is 4.79 Å². The largest absolute Gasteiger partial charge is 0.449 e. The molecule has 0 saturated carbocycles. The highest BCUT2D eigenvalue weighted by Crippen LogP contribution is 2.24. The summed E-state index contributed by atoms with van der Waals surface area (Å²) in [6, 6.07) is 10.4. The minimum Gasteiger partial charge on any atom is -0.449 e. The maximum Gasteiger partial charge on any atom is 0.409 e. The number of nitrogens with zero attached hydrogens (tertiary/aromatic N) is 1. The summed E-state index contributed by atoms with van der Waals surface area (Å²) in [7, 11) is 0. The predicted molar refractivity (Wildman–Crippen MR) is 91.3 cm³/mol. The number of aryl methyl sites for hydroxylation is 1. The van der Waals surface area contributed by atoms with E-state index in [4.69, 9.17) is 4.74 Å². The SMILES string of the molecule is CCCCOC(=O)N1CC[C@@H](CCCc2ccccc2)[C@@H](O)C1. The molecule has 1 N–H and O–H groups in total. The molecule has 4 nitrogen and oxygen atoms in total. The summed E-state index contributed by atoms with van der Waals surface area (Å²) >= 11 is 0. The van der Waals surface area contributed by atoms with Gasteiger partial charge in [-0.15, -0.1) is 0 Å². The Hall–Kier alpha value is -1.55. The van der Waals surface area contributed by atoms with Crippen molar-refractivity contribution in [3.8, 4) is 0 Å². The van der Waals surface area contributed by atoms with Crippen molar-refractivity contribution in [3.05, 3.63) is 35.9 Å². The van der Waals surface area contributed by atoms with Crippen molar-refractivity contribution >= 4 is 6.09 Å². The van der Waals surface area contributed by atoms with Crippen molar-refractivity contribution in [2.75, 3.05) is 19.7 Å². The summed E-state index contributed by atoms with van der Waals surface area (Å²) in [5, 5.41) is 10.3. The summed E-state index contributed by atoms with van der Waals surface area (Å²) in [5.74, 6) is 0.290. The van der Waals surface area contributed by atoms with Gasteiger partial charge in [0.2, 0.25) is 0 Å². The third-order valence-electron chi connectivity index (χ3n) is 4.59. The smallest absolute Gasteiger partial charge is 0.409 e. The summed E-state index contributed by atoms with van der Waals surface area (Å²) in [4.78, 5) is 13.6. The van der Waals surface area contributed by atoms with Crippen molar-refractivity contribution < 1.29 is 14.6 Å². The molecule has 1 heterocycles. The van der Waals surface area contributed by atoms with Crippen LogP contribution < -0.4 is 0 Å². The molecule has 23 heavy (non-hydrogen) atoms. The van der Waals surface area contributed by atoms with Crippen LogP contribution >= 0.6 is 0 Å². The monoisotopic (exact) mass is 319 g/mol. The van der Waals surface area contributed by atoms with E-state index in [0.717, 1.165) is 38.5 Å². The van der Waals surface area contributed by atoms with E-state index in [0.29, 0.717) is 25.6 Å². The van der Waals surface area contributed by atoms with Gasteiger partial charge in [0, 0.05) is 6.54 Å². The van der Waals surface area contributed by atoms with Gasteiger partial charge < -0.3 is 14.7 Å². The Morgan fingerprint density at radius 2 is 2.09 bits per heavy atom. The Balaban J connectivity index is 1.68. The van der Waals surface area contributed by atoms with Gasteiger partial charge in [0.05, 0.1) is 19.3 Å². The lowest BCUT2D eigenvalue weighted by atomic mass is 9.88. The second-order valence-corrected chi connectivity index (χ2v) is 6.41. The number of piperidine rings is 1. The van der Waals surface area contributed by atoms with Crippen LogP contribution in [0.25, 0.3) is 0 Å². The van der Waals surface area contributed by atoms with Crippen LogP contribution in [0.3, 0.4) is 0 Å². The van der Waals surface area contributed by atoms with E-state index in [-0.39, 0.29) is 6.09 Å². The molecule has 1 saturated heterocycles. The fraction of sp³-hybridized carbons (Fsp3) is 0.632. The number of hydrogen-bond donors (Lipinski definition) is 1. The molecule has 1 fully saturated rings. The zero-order valence-corrected chi connectivity index (χ0v) is 14.1. The zero-order chi connectivity index (χ0) is 16.5. The number of β-amino-alcohol motifs (C(OH)–C–C–N with tert-alkyl or cyclic N) is 1. The van der Waals surface area contributed by atoms with Crippen molar-refractivity contribution in [1.82, 2.24) is 4.90 Å². The number of rotatable bonds is 7. The van der Waals surface area contributed by atoms with Gasteiger partial charge in [-0.05, 0) is 43.6 Å². The van der Waals surface area contributed by atoms with E-state index in [9.17, 15) is 9.90 Å². The number of carbonyl (C=O) groups excluding carboxylic acids is 1. The van der Waals surface area contributed by atoms with Gasteiger partial charge in [-0.1, -0.05) is 43.7 Å². The van der Waals surface area contributed by atoms with Crippen LogP contribution in [-0.2, 0) is 11.2 Å². The van der Waals surface area contributed by atoms with Gasteiger partial charge in [-0.25, -0.2) is 4.79 Å². The molecule has 1 aromatic carbocycles. The molecule has 0 spiro atoms. The van der Waals surface area contributed by atoms with Gasteiger partial charge >= 0.3 is 6.09 Å². The van der Waals surface area contributed by atoms with Gasteiger partial charge in [0.25, 0.3) is 0 Å². The van der Waals surface area contributed by atoms with E-state index in [1.165, 1.54) is 5.56 Å². The van der Waals surface area contributed by atoms with Crippen LogP contribution in [-0.4, -0.2) is 41.9 Å². The fourth-order valence-corrected chi connectivity index (χ4v) is 3.09. The average Bonchev–Trinajstić information content (AvgIpc) is 2.57. The molecule has 4 heteroatoms. The van der Waals surface area contributed by atoms with Gasteiger partial charge in [0.15, 0.2) is 0 Å². The number of unbranched alkanes of at least 4 members (excludes halogenated alkanes) is 1. The normalized spacial score (nSPS) is 21.2. The van der Waals surface area contributed by atoms with E-state index < -0.39 is 6.10 Å². The minimum atomic E-state index is -0.432. The van der Waals surface area contributed by atoms with Crippen molar-refractivity contribution in [1.29, 1.82) is 0 Å². The van der Waals surface area contributed by atoms with Crippen LogP contribution in [0.5, 0.6) is 0 Å². The molecule has 0 aliphatic carbocycles. The molecule has 0 bridgehead atoms. The average molecular weight is 319 g/mol. The third kappa shape index (κ3) is 5.87. The maximum absolute atomic E-state index is 11.9. The standard InChI is InChI=1S/C19H29NO3/c1-2-3-14-23-19(22)20-13-12-17(18(21)15-20)11-7-10-16-8-5-4-6-9-16/h4-6,8-9,17-18,21H,2-3,7,10-15H2,1H3/t17-,18+/m1/s1. The summed E-state index contributed by atoms with van der Waals surface area (Å²) in [6.07, 6.45) is 5.19. The highest BCUT2D eigenvalue weighted by Gasteiger charge is 2.30. The summed E-state index contributed by atoms with van der Waals surface area (Å²) in [6.45, 7) is 3.64. The Morgan fingerprint density at radius 1 is 1.30 bits per heavy atom. The predicted octanol–water partition coefficient (Wildman–Crippen LogP) is 3.63. The number of aliphatic hydroxyl groups is 1.